The van der Waals surface area contributed by atoms with Gasteiger partial charge < -0.3 is 20.1 Å². The van der Waals surface area contributed by atoms with Gasteiger partial charge in [0.25, 0.3) is 5.91 Å². The first-order valence-corrected chi connectivity index (χ1v) is 9.32. The zero-order valence-electron chi connectivity index (χ0n) is 17.3. The predicted octanol–water partition coefficient (Wildman–Crippen LogP) is 5.14. The summed E-state index contributed by atoms with van der Waals surface area (Å²) in [6.07, 6.45) is -2.62. The van der Waals surface area contributed by atoms with Crippen molar-refractivity contribution in [1.29, 1.82) is 0 Å². The summed E-state index contributed by atoms with van der Waals surface area (Å²) in [5.74, 6) is -2.77. The van der Waals surface area contributed by atoms with Crippen LogP contribution in [0.4, 0.5) is 36.4 Å². The first kappa shape index (κ1) is 26.5. The Kier molecular flexibility index (Phi) is 8.87. The smallest absolute Gasteiger partial charge is 0.405 e. The highest BCUT2D eigenvalue weighted by molar-refractivity contribution is 6.03. The van der Waals surface area contributed by atoms with E-state index in [9.17, 15) is 40.3 Å². The molecule has 2 amide bonds. The van der Waals surface area contributed by atoms with Crippen LogP contribution in [-0.2, 0) is 4.79 Å². The fourth-order valence-corrected chi connectivity index (χ4v) is 2.55. The van der Waals surface area contributed by atoms with Crippen LogP contribution in [0.3, 0.4) is 0 Å². The number of ether oxygens (including phenoxy) is 2. The second kappa shape index (κ2) is 11.4. The number of rotatable bonds is 9. The third-order valence-corrected chi connectivity index (χ3v) is 4.05. The molecule has 0 aromatic heterocycles. The van der Waals surface area contributed by atoms with Crippen LogP contribution >= 0.6 is 0 Å². The molecule has 0 unspecified atom stereocenters. The molecule has 0 radical (unpaired) electrons. The van der Waals surface area contributed by atoms with Crippen molar-refractivity contribution in [2.24, 2.45) is 0 Å². The minimum Gasteiger partial charge on any atom is -0.435 e. The second-order valence-electron chi connectivity index (χ2n) is 6.61. The van der Waals surface area contributed by atoms with Crippen LogP contribution in [0.5, 0.6) is 11.5 Å². The van der Waals surface area contributed by atoms with Crippen LogP contribution < -0.4 is 20.1 Å². The molecule has 0 aliphatic heterocycles. The summed E-state index contributed by atoms with van der Waals surface area (Å²) in [7, 11) is 0. The standard InChI is InChI=1S/C21H17F7N2O4/c1-11-2-3-13(18(32)29-10-21(26,27)28)8-15(11)30-17(31)7-5-12-4-6-14(33-19(22)23)9-16(12)34-20(24)25/h2-9,19-20H,10H2,1H3,(H,29,32)(H,30,31). The van der Waals surface area contributed by atoms with Crippen molar-refractivity contribution in [2.45, 2.75) is 26.3 Å². The van der Waals surface area contributed by atoms with Gasteiger partial charge in [-0.3, -0.25) is 9.59 Å². The molecule has 2 aromatic rings. The molecule has 0 saturated carbocycles. The van der Waals surface area contributed by atoms with E-state index in [1.807, 2.05) is 0 Å². The molecule has 13 heteroatoms. The number of halogens is 7. The highest BCUT2D eigenvalue weighted by Crippen LogP contribution is 2.28. The number of amides is 2. The Bertz CT molecular complexity index is 1060. The van der Waals surface area contributed by atoms with E-state index in [0.29, 0.717) is 5.56 Å². The SMILES string of the molecule is Cc1ccc(C(=O)NCC(F)(F)F)cc1NC(=O)C=Cc1ccc(OC(F)F)cc1OC(F)F. The van der Waals surface area contributed by atoms with Crippen LogP contribution in [0.1, 0.15) is 21.5 Å². The van der Waals surface area contributed by atoms with Crippen molar-refractivity contribution in [3.05, 3.63) is 59.2 Å². The maximum atomic E-state index is 12.6. The molecule has 0 fully saturated rings. The van der Waals surface area contributed by atoms with Crippen LogP contribution in [0.2, 0.25) is 0 Å². The number of alkyl halides is 7. The normalized spacial score (nSPS) is 11.7. The molecule has 6 nitrogen and oxygen atoms in total. The average Bonchev–Trinajstić information content (AvgIpc) is 2.71. The van der Waals surface area contributed by atoms with Gasteiger partial charge in [-0.1, -0.05) is 6.07 Å². The molecule has 2 N–H and O–H groups in total. The average molecular weight is 494 g/mol. The van der Waals surface area contributed by atoms with Crippen molar-refractivity contribution in [2.75, 3.05) is 11.9 Å². The zero-order chi connectivity index (χ0) is 25.5. The summed E-state index contributed by atoms with van der Waals surface area (Å²) < 4.78 is 95.1. The first-order valence-electron chi connectivity index (χ1n) is 9.32. The number of benzene rings is 2. The zero-order valence-corrected chi connectivity index (χ0v) is 17.3. The molecule has 2 rings (SSSR count). The van der Waals surface area contributed by atoms with Gasteiger partial charge in [-0.25, -0.2) is 0 Å². The Hall–Kier alpha value is -3.77. The molecular formula is C21H17F7N2O4. The molecule has 0 atom stereocenters. The Labute approximate surface area is 188 Å². The maximum Gasteiger partial charge on any atom is 0.405 e. The van der Waals surface area contributed by atoms with E-state index in [2.05, 4.69) is 14.8 Å². The molecule has 34 heavy (non-hydrogen) atoms. The summed E-state index contributed by atoms with van der Waals surface area (Å²) in [6, 6.07) is 6.78. The highest BCUT2D eigenvalue weighted by atomic mass is 19.4. The van der Waals surface area contributed by atoms with E-state index < -0.39 is 49.3 Å². The van der Waals surface area contributed by atoms with Gasteiger partial charge in [0, 0.05) is 29.0 Å². The van der Waals surface area contributed by atoms with Crippen molar-refractivity contribution in [1.82, 2.24) is 5.32 Å². The third-order valence-electron chi connectivity index (χ3n) is 4.05. The van der Waals surface area contributed by atoms with Gasteiger partial charge in [0.1, 0.15) is 18.0 Å². The maximum absolute atomic E-state index is 12.6. The minimum absolute atomic E-state index is 0.0610. The van der Waals surface area contributed by atoms with E-state index in [1.165, 1.54) is 12.1 Å². The summed E-state index contributed by atoms with van der Waals surface area (Å²) in [5, 5.41) is 4.11. The molecule has 0 bridgehead atoms. The molecule has 184 valence electrons. The van der Waals surface area contributed by atoms with Gasteiger partial charge in [-0.2, -0.15) is 30.7 Å². The molecular weight excluding hydrogens is 477 g/mol. The van der Waals surface area contributed by atoms with Gasteiger partial charge >= 0.3 is 19.4 Å². The number of nitrogens with one attached hydrogen (secondary N) is 2. The van der Waals surface area contributed by atoms with E-state index in [-0.39, 0.29) is 16.8 Å². The first-order chi connectivity index (χ1) is 15.8. The number of aryl methyl sites for hydroxylation is 1. The summed E-state index contributed by atoms with van der Waals surface area (Å²) in [5.41, 5.74) is 0.383. The monoisotopic (exact) mass is 494 g/mol. The van der Waals surface area contributed by atoms with Crippen LogP contribution in [0.25, 0.3) is 6.08 Å². The quantitative estimate of drug-likeness (QED) is 0.374. The molecule has 0 aliphatic rings. The van der Waals surface area contributed by atoms with Crippen molar-refractivity contribution >= 4 is 23.6 Å². The Morgan fingerprint density at radius 3 is 2.29 bits per heavy atom. The lowest BCUT2D eigenvalue weighted by molar-refractivity contribution is -0.123. The minimum atomic E-state index is -4.60. The predicted molar refractivity (Wildman–Crippen MR) is 107 cm³/mol. The van der Waals surface area contributed by atoms with Gasteiger partial charge in [0.15, 0.2) is 0 Å². The lowest BCUT2D eigenvalue weighted by Crippen LogP contribution is -2.33. The van der Waals surface area contributed by atoms with Crippen molar-refractivity contribution < 1.29 is 49.8 Å². The van der Waals surface area contributed by atoms with E-state index >= 15 is 0 Å². The van der Waals surface area contributed by atoms with Gasteiger partial charge in [-0.05, 0) is 42.8 Å². The Morgan fingerprint density at radius 2 is 1.68 bits per heavy atom. The number of anilines is 1. The van der Waals surface area contributed by atoms with Gasteiger partial charge in [0.2, 0.25) is 5.91 Å². The molecule has 0 spiro atoms. The van der Waals surface area contributed by atoms with Crippen LogP contribution in [-0.4, -0.2) is 37.8 Å². The Morgan fingerprint density at radius 1 is 1.00 bits per heavy atom. The lowest BCUT2D eigenvalue weighted by atomic mass is 10.1. The summed E-state index contributed by atoms with van der Waals surface area (Å²) in [4.78, 5) is 24.2. The number of carbonyl (C=O) groups is 2. The molecule has 0 aliphatic carbocycles. The topological polar surface area (TPSA) is 76.7 Å². The lowest BCUT2D eigenvalue weighted by Gasteiger charge is -2.12. The van der Waals surface area contributed by atoms with Crippen LogP contribution in [0, 0.1) is 6.92 Å². The number of hydrogen-bond acceptors (Lipinski definition) is 4. The fraction of sp³-hybridized carbons (Fsp3) is 0.238. The highest BCUT2D eigenvalue weighted by Gasteiger charge is 2.28. The fourth-order valence-electron chi connectivity index (χ4n) is 2.55. The summed E-state index contributed by atoms with van der Waals surface area (Å²) >= 11 is 0. The van der Waals surface area contributed by atoms with E-state index in [0.717, 1.165) is 36.4 Å². The third kappa shape index (κ3) is 8.64. The Balaban J connectivity index is 2.16. The molecule has 2 aromatic carbocycles. The molecule has 0 saturated heterocycles. The second-order valence-corrected chi connectivity index (χ2v) is 6.61. The van der Waals surface area contributed by atoms with Crippen molar-refractivity contribution in [3.63, 3.8) is 0 Å². The largest absolute Gasteiger partial charge is 0.435 e. The number of hydrogen-bond donors (Lipinski definition) is 2. The van der Waals surface area contributed by atoms with Gasteiger partial charge in [-0.15, -0.1) is 0 Å². The van der Waals surface area contributed by atoms with Gasteiger partial charge in [0.05, 0.1) is 0 Å². The molecule has 0 heterocycles. The van der Waals surface area contributed by atoms with Crippen LogP contribution in [0.15, 0.2) is 42.5 Å². The number of carbonyl (C=O) groups excluding carboxylic acids is 2. The van der Waals surface area contributed by atoms with Crippen molar-refractivity contribution in [3.8, 4) is 11.5 Å². The summed E-state index contributed by atoms with van der Waals surface area (Å²) in [6.45, 7) is -6.45. The van der Waals surface area contributed by atoms with E-state index in [1.54, 1.807) is 12.2 Å². The van der Waals surface area contributed by atoms with E-state index in [4.69, 9.17) is 0 Å².